The van der Waals surface area contributed by atoms with Gasteiger partial charge in [0.2, 0.25) is 0 Å². The summed E-state index contributed by atoms with van der Waals surface area (Å²) in [7, 11) is 1.84. The number of aliphatic imine (C=N–C) groups is 1. The minimum Gasteiger partial charge on any atom is -0.490 e. The monoisotopic (exact) mass is 894 g/mol. The fourth-order valence-corrected chi connectivity index (χ4v) is 11.4. The molecule has 0 radical (unpaired) electrons. The molecule has 1 amide bonds. The van der Waals surface area contributed by atoms with Crippen molar-refractivity contribution in [2.24, 2.45) is 16.3 Å². The first kappa shape index (κ1) is 41.9. The number of amides is 1. The maximum atomic E-state index is 13.2. The summed E-state index contributed by atoms with van der Waals surface area (Å²) in [6.07, 6.45) is 11.6. The van der Waals surface area contributed by atoms with E-state index in [-0.39, 0.29) is 29.5 Å². The molecule has 6 aromatic rings. The van der Waals surface area contributed by atoms with Crippen LogP contribution >= 0.6 is 22.9 Å². The Hall–Kier alpha value is -6.04. The molecule has 15 heteroatoms. The van der Waals surface area contributed by atoms with Crippen molar-refractivity contribution in [1.82, 2.24) is 35.3 Å². The normalized spacial score (nSPS) is 22.6. The average molecular weight is 896 g/mol. The Morgan fingerprint density at radius 1 is 1.02 bits per heavy atom. The van der Waals surface area contributed by atoms with E-state index >= 15 is 0 Å². The Morgan fingerprint density at radius 3 is 2.58 bits per heavy atom. The van der Waals surface area contributed by atoms with Gasteiger partial charge < -0.3 is 24.7 Å². The molecule has 1 spiro atoms. The van der Waals surface area contributed by atoms with Gasteiger partial charge in [-0.2, -0.15) is 0 Å². The molecule has 1 saturated heterocycles. The van der Waals surface area contributed by atoms with Crippen molar-refractivity contribution in [2.45, 2.75) is 96.7 Å². The molecule has 328 valence electrons. The van der Waals surface area contributed by atoms with Crippen molar-refractivity contribution >= 4 is 46.1 Å². The molecule has 2 aromatic carbocycles. The molecule has 10 rings (SSSR count). The van der Waals surface area contributed by atoms with Crippen molar-refractivity contribution in [3.63, 3.8) is 0 Å². The SMILES string of the molecule is CNc1ccc(O[C@H]2CC[C@H](NC(=O)c3ccc(N4CCC[C@]5(C4)C[C@@H](C#Cc4ccc(C6=N[C@@H](Cc7ncco7)c7nnc(C)n7-c7sc(C)c(C)c76)cc4)C5)nn3)CC2)cc1Cl. The van der Waals surface area contributed by atoms with E-state index < -0.39 is 0 Å². The Balaban J connectivity index is 0.742. The van der Waals surface area contributed by atoms with Gasteiger partial charge in [-0.1, -0.05) is 35.6 Å². The van der Waals surface area contributed by atoms with Gasteiger partial charge in [0.15, 0.2) is 23.2 Å². The molecule has 0 bridgehead atoms. The topological polar surface area (TPSA) is 148 Å². The number of piperidine rings is 1. The molecule has 13 nitrogen and oxygen atoms in total. The molecular weight excluding hydrogens is 844 g/mol. The number of benzene rings is 2. The van der Waals surface area contributed by atoms with Crippen LogP contribution in [0.4, 0.5) is 11.5 Å². The molecule has 4 aromatic heterocycles. The van der Waals surface area contributed by atoms with Gasteiger partial charge in [-0.25, -0.2) is 4.98 Å². The largest absolute Gasteiger partial charge is 0.490 e. The Labute approximate surface area is 382 Å². The lowest BCUT2D eigenvalue weighted by Crippen LogP contribution is -2.50. The smallest absolute Gasteiger partial charge is 0.272 e. The number of oxazole rings is 1. The van der Waals surface area contributed by atoms with Gasteiger partial charge in [0.05, 0.1) is 35.1 Å². The summed E-state index contributed by atoms with van der Waals surface area (Å²) in [4.78, 5) is 26.5. The van der Waals surface area contributed by atoms with Gasteiger partial charge in [-0.15, -0.1) is 31.7 Å². The number of anilines is 2. The summed E-state index contributed by atoms with van der Waals surface area (Å²) < 4.78 is 14.0. The fourth-order valence-electron chi connectivity index (χ4n) is 9.93. The first-order valence-corrected chi connectivity index (χ1v) is 23.5. The lowest BCUT2D eigenvalue weighted by atomic mass is 9.58. The summed E-state index contributed by atoms with van der Waals surface area (Å²) in [6, 6.07) is 17.7. The van der Waals surface area contributed by atoms with E-state index in [1.165, 1.54) is 16.9 Å². The minimum absolute atomic E-state index is 0.0738. The third-order valence-corrected chi connectivity index (χ3v) is 14.9. The number of aromatic nitrogens is 6. The Morgan fingerprint density at radius 2 is 1.84 bits per heavy atom. The van der Waals surface area contributed by atoms with Crippen molar-refractivity contribution in [3.8, 4) is 22.6 Å². The number of hydrogen-bond acceptors (Lipinski definition) is 12. The second-order valence-corrected chi connectivity index (χ2v) is 19.3. The molecule has 2 saturated carbocycles. The number of carbonyl (C=O) groups is 1. The number of ether oxygens (including phenoxy) is 1. The highest BCUT2D eigenvalue weighted by Crippen LogP contribution is 2.51. The molecule has 0 unspecified atom stereocenters. The Kier molecular flexibility index (Phi) is 11.5. The second kappa shape index (κ2) is 17.5. The van der Waals surface area contributed by atoms with Crippen LogP contribution in [0.1, 0.15) is 113 Å². The molecule has 2 aliphatic heterocycles. The highest BCUT2D eigenvalue weighted by Gasteiger charge is 2.46. The number of hydrogen-bond donors (Lipinski definition) is 2. The summed E-state index contributed by atoms with van der Waals surface area (Å²) in [5, 5.41) is 25.9. The van der Waals surface area contributed by atoms with Gasteiger partial charge in [0.25, 0.3) is 5.91 Å². The van der Waals surface area contributed by atoms with Gasteiger partial charge in [-0.05, 0) is 120 Å². The maximum absolute atomic E-state index is 13.2. The van der Waals surface area contributed by atoms with Crippen LogP contribution in [0.2, 0.25) is 5.02 Å². The molecular formula is C49H51ClN10O3S. The van der Waals surface area contributed by atoms with E-state index in [4.69, 9.17) is 25.7 Å². The van der Waals surface area contributed by atoms with Crippen LogP contribution in [0.15, 0.2) is 76.5 Å². The van der Waals surface area contributed by atoms with Gasteiger partial charge in [0, 0.05) is 59.7 Å². The summed E-state index contributed by atoms with van der Waals surface area (Å²) in [5.74, 6) is 11.1. The number of rotatable bonds is 9. The van der Waals surface area contributed by atoms with Crippen LogP contribution in [0.25, 0.3) is 5.00 Å². The van der Waals surface area contributed by atoms with Crippen molar-refractivity contribution in [3.05, 3.63) is 122 Å². The average Bonchev–Trinajstić information content (AvgIpc) is 4.01. The number of fused-ring (bicyclic) bond motifs is 3. The Bertz CT molecular complexity index is 2760. The standard InChI is InChI=1S/C49H51ClN10O3S/c1-29-30(2)64-48-44(29)45(54-41(25-43-52-21-23-62-43)46-58-55-31(3)60(46)48)34-10-8-32(9-11-34)6-7-33-26-49(27-33)20-5-22-59(28-49)42-19-18-40(56-57-42)47(61)53-35-12-14-36(15-13-35)63-37-16-17-39(51-4)38(50)24-37/h8-11,16-19,21,23-24,33,35-36,41,51H,5,12-15,20,22,25-28H2,1-4H3,(H,53,61)/t33-,35-,36-,41-,49+/m0/s1. The predicted octanol–water partition coefficient (Wildman–Crippen LogP) is 9.03. The third kappa shape index (κ3) is 8.39. The van der Waals surface area contributed by atoms with E-state index in [1.807, 2.05) is 38.2 Å². The molecule has 1 atom stereocenters. The van der Waals surface area contributed by atoms with Crippen LogP contribution in [0, 0.1) is 43.9 Å². The lowest BCUT2D eigenvalue weighted by Gasteiger charge is -2.51. The van der Waals surface area contributed by atoms with Crippen molar-refractivity contribution in [1.29, 1.82) is 0 Å². The summed E-state index contributed by atoms with van der Waals surface area (Å²) in [5.41, 5.74) is 6.72. The minimum atomic E-state index is -0.314. The number of nitrogens with one attached hydrogen (secondary N) is 2. The van der Waals surface area contributed by atoms with Crippen LogP contribution in [-0.2, 0) is 6.42 Å². The first-order valence-electron chi connectivity index (χ1n) is 22.3. The molecule has 4 aliphatic rings. The number of halogens is 1. The zero-order chi connectivity index (χ0) is 44.0. The second-order valence-electron chi connectivity index (χ2n) is 17.7. The van der Waals surface area contributed by atoms with E-state index in [2.05, 4.69) is 95.4 Å². The fraction of sp³-hybridized carbons (Fsp3) is 0.408. The van der Waals surface area contributed by atoms with E-state index in [0.717, 1.165) is 114 Å². The zero-order valence-electron chi connectivity index (χ0n) is 36.5. The van der Waals surface area contributed by atoms with Crippen LogP contribution in [0.5, 0.6) is 5.75 Å². The molecule has 64 heavy (non-hydrogen) atoms. The number of carbonyl (C=O) groups excluding carboxylic acids is 1. The molecule has 6 heterocycles. The lowest BCUT2D eigenvalue weighted by molar-refractivity contribution is 0.0684. The highest BCUT2D eigenvalue weighted by atomic mass is 35.5. The number of nitrogens with zero attached hydrogens (tertiary/aromatic N) is 8. The molecule has 2 N–H and O–H groups in total. The van der Waals surface area contributed by atoms with Crippen molar-refractivity contribution < 1.29 is 13.9 Å². The van der Waals surface area contributed by atoms with Crippen LogP contribution in [0.3, 0.4) is 0 Å². The predicted molar refractivity (Wildman–Crippen MR) is 249 cm³/mol. The van der Waals surface area contributed by atoms with Crippen LogP contribution < -0.4 is 20.3 Å². The van der Waals surface area contributed by atoms with E-state index in [9.17, 15) is 4.79 Å². The van der Waals surface area contributed by atoms with E-state index in [1.54, 1.807) is 29.9 Å². The van der Waals surface area contributed by atoms with Gasteiger partial charge in [-0.3, -0.25) is 14.4 Å². The van der Waals surface area contributed by atoms with Crippen molar-refractivity contribution in [2.75, 3.05) is 30.4 Å². The summed E-state index contributed by atoms with van der Waals surface area (Å²) >= 11 is 8.09. The van der Waals surface area contributed by atoms with Crippen LogP contribution in [-0.4, -0.2) is 73.8 Å². The highest BCUT2D eigenvalue weighted by molar-refractivity contribution is 7.15. The molecule has 3 fully saturated rings. The first-order chi connectivity index (χ1) is 31.1. The zero-order valence-corrected chi connectivity index (χ0v) is 38.1. The summed E-state index contributed by atoms with van der Waals surface area (Å²) in [6.45, 7) is 8.17. The van der Waals surface area contributed by atoms with E-state index in [0.29, 0.717) is 28.9 Å². The quantitative estimate of drug-likeness (QED) is 0.135. The van der Waals surface area contributed by atoms with Gasteiger partial charge in [0.1, 0.15) is 28.9 Å². The number of thiophene rings is 1. The number of aryl methyl sites for hydroxylation is 2. The third-order valence-electron chi connectivity index (χ3n) is 13.4. The van der Waals surface area contributed by atoms with Gasteiger partial charge >= 0.3 is 0 Å². The maximum Gasteiger partial charge on any atom is 0.272 e. The molecule has 2 aliphatic carbocycles.